The number of halogens is 3. The van der Waals surface area contributed by atoms with Crippen LogP contribution in [0.4, 0.5) is 13.2 Å². The van der Waals surface area contributed by atoms with Gasteiger partial charge in [-0.1, -0.05) is 0 Å². The van der Waals surface area contributed by atoms with E-state index in [4.69, 9.17) is 0 Å². The maximum absolute atomic E-state index is 12.7. The van der Waals surface area contributed by atoms with E-state index >= 15 is 0 Å². The van der Waals surface area contributed by atoms with Gasteiger partial charge in [0.05, 0.1) is 17.5 Å². The van der Waals surface area contributed by atoms with Crippen LogP contribution in [-0.4, -0.2) is 20.3 Å². The molecular weight excluding hydrogens is 283 g/mol. The van der Waals surface area contributed by atoms with Gasteiger partial charge in [0.2, 0.25) is 0 Å². The molecule has 108 valence electrons. The van der Waals surface area contributed by atoms with E-state index in [1.165, 1.54) is 6.92 Å². The van der Waals surface area contributed by atoms with Crippen LogP contribution in [0.25, 0.3) is 22.3 Å². The zero-order valence-electron chi connectivity index (χ0n) is 10.9. The van der Waals surface area contributed by atoms with Crippen molar-refractivity contribution < 1.29 is 18.3 Å². The summed E-state index contributed by atoms with van der Waals surface area (Å²) in [5.74, 6) is -0.450. The van der Waals surface area contributed by atoms with Crippen LogP contribution in [0.2, 0.25) is 0 Å². The third-order valence-corrected chi connectivity index (χ3v) is 3.20. The van der Waals surface area contributed by atoms with Gasteiger partial charge in [-0.25, -0.2) is 4.98 Å². The van der Waals surface area contributed by atoms with Crippen molar-refractivity contribution in [2.75, 3.05) is 0 Å². The molecule has 2 N–H and O–H groups in total. The minimum absolute atomic E-state index is 0.277. The zero-order chi connectivity index (χ0) is 15.2. The van der Waals surface area contributed by atoms with Gasteiger partial charge < -0.3 is 5.11 Å². The van der Waals surface area contributed by atoms with Crippen LogP contribution in [0.15, 0.2) is 30.5 Å². The van der Waals surface area contributed by atoms with Crippen molar-refractivity contribution in [3.63, 3.8) is 0 Å². The van der Waals surface area contributed by atoms with Crippen LogP contribution < -0.4 is 0 Å². The second-order valence-corrected chi connectivity index (χ2v) is 4.69. The summed E-state index contributed by atoms with van der Waals surface area (Å²) in [7, 11) is 0. The number of hydrogen-bond donors (Lipinski definition) is 2. The Balaban J connectivity index is 2.18. The van der Waals surface area contributed by atoms with Gasteiger partial charge in [0, 0.05) is 10.9 Å². The highest BCUT2D eigenvalue weighted by molar-refractivity contribution is 5.80. The first-order valence-electron chi connectivity index (χ1n) is 6.07. The first-order chi connectivity index (χ1) is 9.86. The summed E-state index contributed by atoms with van der Waals surface area (Å²) in [4.78, 5) is 4.26. The number of hydrogen-bond acceptors (Lipinski definition) is 3. The number of phenolic OH excluding ortho intramolecular Hbond substituents is 1. The van der Waals surface area contributed by atoms with Crippen molar-refractivity contribution in [1.29, 1.82) is 0 Å². The van der Waals surface area contributed by atoms with Crippen molar-refractivity contribution in [3.05, 3.63) is 41.6 Å². The minimum Gasteiger partial charge on any atom is -0.507 e. The fourth-order valence-corrected chi connectivity index (χ4v) is 2.23. The molecule has 7 heteroatoms. The zero-order valence-corrected chi connectivity index (χ0v) is 10.9. The summed E-state index contributed by atoms with van der Waals surface area (Å²) in [6.07, 6.45) is -2.91. The molecule has 0 radical (unpaired) electrons. The first kappa shape index (κ1) is 13.4. The highest BCUT2D eigenvalue weighted by atomic mass is 19.4. The number of pyridine rings is 1. The van der Waals surface area contributed by atoms with Crippen molar-refractivity contribution in [3.8, 4) is 17.0 Å². The van der Waals surface area contributed by atoms with Crippen molar-refractivity contribution >= 4 is 11.0 Å². The standard InChI is InChI=1S/C14H10F3N3O/c1-7-4-9(14(15,16)17)5-11(21)12(7)10-3-2-8-6-18-20-13(8)19-10/h2-6,21H,1H3,(H,18,19,20). The lowest BCUT2D eigenvalue weighted by Crippen LogP contribution is -2.05. The summed E-state index contributed by atoms with van der Waals surface area (Å²) < 4.78 is 38.1. The van der Waals surface area contributed by atoms with E-state index in [0.29, 0.717) is 23.0 Å². The van der Waals surface area contributed by atoms with Gasteiger partial charge in [0.25, 0.3) is 0 Å². The number of fused-ring (bicyclic) bond motifs is 1. The van der Waals surface area contributed by atoms with Crippen molar-refractivity contribution in [2.24, 2.45) is 0 Å². The van der Waals surface area contributed by atoms with Gasteiger partial charge in [0.15, 0.2) is 5.65 Å². The molecule has 3 rings (SSSR count). The average molecular weight is 293 g/mol. The normalized spacial score (nSPS) is 12.0. The number of nitrogens with one attached hydrogen (secondary N) is 1. The van der Waals surface area contributed by atoms with Crippen LogP contribution in [0.1, 0.15) is 11.1 Å². The molecule has 2 aromatic heterocycles. The van der Waals surface area contributed by atoms with Crippen LogP contribution in [0.5, 0.6) is 5.75 Å². The molecule has 0 aliphatic rings. The van der Waals surface area contributed by atoms with Gasteiger partial charge >= 0.3 is 6.18 Å². The van der Waals surface area contributed by atoms with Gasteiger partial charge in [0.1, 0.15) is 5.75 Å². The number of alkyl halides is 3. The van der Waals surface area contributed by atoms with Crippen LogP contribution >= 0.6 is 0 Å². The molecular formula is C14H10F3N3O. The third kappa shape index (κ3) is 2.31. The Morgan fingerprint density at radius 1 is 1.19 bits per heavy atom. The Labute approximate surface area is 117 Å². The molecule has 2 heterocycles. The van der Waals surface area contributed by atoms with Gasteiger partial charge in [-0.3, -0.25) is 5.10 Å². The lowest BCUT2D eigenvalue weighted by Gasteiger charge is -2.13. The monoisotopic (exact) mass is 293 g/mol. The van der Waals surface area contributed by atoms with Crippen molar-refractivity contribution in [2.45, 2.75) is 13.1 Å². The molecule has 1 aromatic carbocycles. The number of nitrogens with zero attached hydrogens (tertiary/aromatic N) is 2. The van der Waals surface area contributed by atoms with E-state index in [1.807, 2.05) is 0 Å². The number of aryl methyl sites for hydroxylation is 1. The first-order valence-corrected chi connectivity index (χ1v) is 6.07. The largest absolute Gasteiger partial charge is 0.507 e. The second-order valence-electron chi connectivity index (χ2n) is 4.69. The number of phenols is 1. The SMILES string of the molecule is Cc1cc(C(F)(F)F)cc(O)c1-c1ccc2cn[nH]c2n1. The quantitative estimate of drug-likeness (QED) is 0.719. The maximum Gasteiger partial charge on any atom is 0.416 e. The number of aromatic nitrogens is 3. The van der Waals surface area contributed by atoms with Gasteiger partial charge in [-0.2, -0.15) is 18.3 Å². The van der Waals surface area contributed by atoms with E-state index in [0.717, 1.165) is 11.5 Å². The number of aromatic amines is 1. The average Bonchev–Trinajstić information content (AvgIpc) is 2.84. The van der Waals surface area contributed by atoms with Gasteiger partial charge in [-0.15, -0.1) is 0 Å². The fourth-order valence-electron chi connectivity index (χ4n) is 2.23. The van der Waals surface area contributed by atoms with E-state index in [9.17, 15) is 18.3 Å². The predicted octanol–water partition coefficient (Wildman–Crippen LogP) is 3.66. The molecule has 0 aliphatic heterocycles. The summed E-state index contributed by atoms with van der Waals surface area (Å²) in [6.45, 7) is 1.50. The number of H-pyrrole nitrogens is 1. The fraction of sp³-hybridized carbons (Fsp3) is 0.143. The molecule has 3 aromatic rings. The molecule has 0 saturated heterocycles. The van der Waals surface area contributed by atoms with Crippen LogP contribution in [0, 0.1) is 6.92 Å². The Kier molecular flexibility index (Phi) is 2.86. The molecule has 21 heavy (non-hydrogen) atoms. The molecule has 0 saturated carbocycles. The topological polar surface area (TPSA) is 61.8 Å². The number of rotatable bonds is 1. The Bertz CT molecular complexity index is 801. The second kappa shape index (κ2) is 4.47. The van der Waals surface area contributed by atoms with Crippen molar-refractivity contribution in [1.82, 2.24) is 15.2 Å². The smallest absolute Gasteiger partial charge is 0.416 e. The third-order valence-electron chi connectivity index (χ3n) is 3.20. The summed E-state index contributed by atoms with van der Waals surface area (Å²) in [5.41, 5.74) is 0.582. The van der Waals surface area contributed by atoms with Gasteiger partial charge in [-0.05, 0) is 36.8 Å². The van der Waals surface area contributed by atoms with Crippen LogP contribution in [0.3, 0.4) is 0 Å². The molecule has 0 aliphatic carbocycles. The Hall–Kier alpha value is -2.57. The maximum atomic E-state index is 12.7. The summed E-state index contributed by atoms with van der Waals surface area (Å²) in [5, 5.41) is 17.2. The molecule has 0 spiro atoms. The molecule has 0 unspecified atom stereocenters. The Morgan fingerprint density at radius 2 is 1.95 bits per heavy atom. The highest BCUT2D eigenvalue weighted by Crippen LogP contribution is 2.38. The Morgan fingerprint density at radius 3 is 2.62 bits per heavy atom. The highest BCUT2D eigenvalue weighted by Gasteiger charge is 2.32. The lowest BCUT2D eigenvalue weighted by molar-refractivity contribution is -0.137. The lowest BCUT2D eigenvalue weighted by atomic mass is 10.00. The van der Waals surface area contributed by atoms with E-state index in [-0.39, 0.29) is 5.56 Å². The number of aromatic hydroxyl groups is 1. The summed E-state index contributed by atoms with van der Waals surface area (Å²) in [6, 6.07) is 5.07. The minimum atomic E-state index is -4.50. The van der Waals surface area contributed by atoms with Crippen LogP contribution in [-0.2, 0) is 6.18 Å². The predicted molar refractivity (Wildman–Crippen MR) is 70.7 cm³/mol. The summed E-state index contributed by atoms with van der Waals surface area (Å²) >= 11 is 0. The number of benzene rings is 1. The molecule has 0 bridgehead atoms. The molecule has 4 nitrogen and oxygen atoms in total. The van der Waals surface area contributed by atoms with E-state index < -0.39 is 17.5 Å². The van der Waals surface area contributed by atoms with E-state index in [2.05, 4.69) is 15.2 Å². The molecule has 0 fully saturated rings. The van der Waals surface area contributed by atoms with E-state index in [1.54, 1.807) is 18.3 Å². The molecule has 0 amide bonds. The molecule has 0 atom stereocenters.